The summed E-state index contributed by atoms with van der Waals surface area (Å²) < 4.78 is 45.4. The molecule has 3 aliphatic rings. The molecule has 2 saturated heterocycles. The molecule has 192 valence electrons. The highest BCUT2D eigenvalue weighted by Gasteiger charge is 2.41. The molecule has 6 nitrogen and oxygen atoms in total. The van der Waals surface area contributed by atoms with Crippen LogP contribution in [-0.4, -0.2) is 66.9 Å². The van der Waals surface area contributed by atoms with Gasteiger partial charge in [0.15, 0.2) is 0 Å². The highest BCUT2D eigenvalue weighted by Crippen LogP contribution is 2.41. The molecule has 1 aromatic carbocycles. The van der Waals surface area contributed by atoms with Gasteiger partial charge in [-0.15, -0.1) is 0 Å². The van der Waals surface area contributed by atoms with Gasteiger partial charge in [0.1, 0.15) is 0 Å². The zero-order valence-corrected chi connectivity index (χ0v) is 19.9. The van der Waals surface area contributed by atoms with E-state index in [9.17, 15) is 18.0 Å². The number of aliphatic hydroxyl groups is 1. The summed E-state index contributed by atoms with van der Waals surface area (Å²) in [5.74, 6) is 0.934. The van der Waals surface area contributed by atoms with Gasteiger partial charge in [-0.3, -0.25) is 4.79 Å². The summed E-state index contributed by atoms with van der Waals surface area (Å²) in [4.78, 5) is 18.7. The quantitative estimate of drug-likeness (QED) is 0.576. The largest absolute Gasteiger partial charge is 0.416 e. The minimum Gasteiger partial charge on any atom is -0.395 e. The molecular formula is C26H34F3N3O3. The van der Waals surface area contributed by atoms with Crippen molar-refractivity contribution >= 4 is 16.8 Å². The fraction of sp³-hybridized carbons (Fsp3) is 0.654. The normalized spacial score (nSPS) is 24.7. The number of rotatable bonds is 6. The van der Waals surface area contributed by atoms with Crippen molar-refractivity contribution in [2.75, 3.05) is 46.0 Å². The SMILES string of the molecule is O=C(NCCO)C1(CCN2CC[C@@H]3Cc4[nH]c5ccc(C(F)(F)F)cc5c4CC3C2)CCOCC1. The molecule has 1 aromatic heterocycles. The van der Waals surface area contributed by atoms with Crippen LogP contribution in [0.2, 0.25) is 0 Å². The lowest BCUT2D eigenvalue weighted by molar-refractivity contribution is -0.138. The molecule has 0 bridgehead atoms. The number of nitrogens with one attached hydrogen (secondary N) is 2. The van der Waals surface area contributed by atoms with E-state index in [0.717, 1.165) is 68.2 Å². The second-order valence-electron chi connectivity index (χ2n) is 10.5. The maximum Gasteiger partial charge on any atom is 0.416 e. The molecule has 3 heterocycles. The zero-order valence-electron chi connectivity index (χ0n) is 19.9. The van der Waals surface area contributed by atoms with Crippen LogP contribution in [0.3, 0.4) is 0 Å². The number of carbonyl (C=O) groups is 1. The van der Waals surface area contributed by atoms with Gasteiger partial charge < -0.3 is 25.0 Å². The number of hydrogen-bond acceptors (Lipinski definition) is 4. The Kier molecular flexibility index (Phi) is 6.85. The van der Waals surface area contributed by atoms with Gasteiger partial charge in [-0.2, -0.15) is 13.2 Å². The Morgan fingerprint density at radius 1 is 1.23 bits per heavy atom. The van der Waals surface area contributed by atoms with E-state index in [1.54, 1.807) is 6.07 Å². The number of H-pyrrole nitrogens is 1. The Morgan fingerprint density at radius 3 is 2.77 bits per heavy atom. The minimum absolute atomic E-state index is 0.00584. The van der Waals surface area contributed by atoms with Crippen molar-refractivity contribution in [3.63, 3.8) is 0 Å². The van der Waals surface area contributed by atoms with Crippen LogP contribution in [0.5, 0.6) is 0 Å². The van der Waals surface area contributed by atoms with E-state index in [0.29, 0.717) is 43.3 Å². The number of piperidine rings is 1. The molecule has 1 aliphatic carbocycles. The molecule has 0 radical (unpaired) electrons. The summed E-state index contributed by atoms with van der Waals surface area (Å²) in [5, 5.41) is 12.7. The van der Waals surface area contributed by atoms with Gasteiger partial charge in [0.05, 0.1) is 17.6 Å². The molecule has 1 amide bonds. The third-order valence-corrected chi connectivity index (χ3v) is 8.47. The third-order valence-electron chi connectivity index (χ3n) is 8.47. The van der Waals surface area contributed by atoms with Gasteiger partial charge in [0.2, 0.25) is 5.91 Å². The van der Waals surface area contributed by atoms with E-state index in [1.807, 2.05) is 0 Å². The van der Waals surface area contributed by atoms with Gasteiger partial charge in [0, 0.05) is 42.9 Å². The first-order valence-corrected chi connectivity index (χ1v) is 12.7. The maximum atomic E-state index is 13.3. The number of fused-ring (bicyclic) bond motifs is 4. The molecule has 2 atom stereocenters. The highest BCUT2D eigenvalue weighted by atomic mass is 19.4. The standard InChI is InChI=1S/C26H34F3N3O3/c27-26(28,29)19-1-2-22-21(15-19)20-13-18-16-32(8-3-17(18)14-23(20)31-22)9-4-25(5-11-35-12-6-25)24(34)30-7-10-33/h1-2,15,17-18,31,33H,3-14,16H2,(H,30,34)/t17-,18?/m1/s1. The topological polar surface area (TPSA) is 77.6 Å². The molecule has 1 unspecified atom stereocenters. The summed E-state index contributed by atoms with van der Waals surface area (Å²) in [5.41, 5.74) is 1.86. The zero-order chi connectivity index (χ0) is 24.6. The molecule has 2 aromatic rings. The molecule has 3 N–H and O–H groups in total. The number of amides is 1. The number of carbonyl (C=O) groups excluding carboxylic acids is 1. The lowest BCUT2D eigenvalue weighted by Gasteiger charge is -2.43. The van der Waals surface area contributed by atoms with Crippen molar-refractivity contribution in [2.24, 2.45) is 17.3 Å². The van der Waals surface area contributed by atoms with Crippen molar-refractivity contribution in [3.05, 3.63) is 35.0 Å². The van der Waals surface area contributed by atoms with Gasteiger partial charge >= 0.3 is 6.18 Å². The lowest BCUT2D eigenvalue weighted by Crippen LogP contribution is -2.49. The first-order valence-electron chi connectivity index (χ1n) is 12.7. The molecule has 0 spiro atoms. The van der Waals surface area contributed by atoms with Crippen molar-refractivity contribution in [3.8, 4) is 0 Å². The van der Waals surface area contributed by atoms with Crippen molar-refractivity contribution < 1.29 is 27.8 Å². The monoisotopic (exact) mass is 493 g/mol. The second-order valence-corrected chi connectivity index (χ2v) is 10.5. The van der Waals surface area contributed by atoms with Crippen LogP contribution >= 0.6 is 0 Å². The fourth-order valence-corrected chi connectivity index (χ4v) is 6.35. The number of alkyl halides is 3. The Labute approximate surface area is 203 Å². The number of aromatic nitrogens is 1. The molecule has 2 aliphatic heterocycles. The summed E-state index contributed by atoms with van der Waals surface area (Å²) in [6.45, 7) is 4.02. The van der Waals surface area contributed by atoms with E-state index in [4.69, 9.17) is 9.84 Å². The number of benzene rings is 1. The predicted molar refractivity (Wildman–Crippen MR) is 126 cm³/mol. The van der Waals surface area contributed by atoms with Crippen LogP contribution in [0.25, 0.3) is 10.9 Å². The first kappa shape index (κ1) is 24.6. The number of aliphatic hydroxyl groups excluding tert-OH is 1. The van der Waals surface area contributed by atoms with E-state index >= 15 is 0 Å². The minimum atomic E-state index is -4.35. The Morgan fingerprint density at radius 2 is 2.03 bits per heavy atom. The van der Waals surface area contributed by atoms with Crippen LogP contribution in [0.1, 0.15) is 42.5 Å². The van der Waals surface area contributed by atoms with Gasteiger partial charge in [0.25, 0.3) is 0 Å². The average molecular weight is 494 g/mol. The Bertz CT molecular complexity index is 1060. The molecule has 9 heteroatoms. The van der Waals surface area contributed by atoms with Gasteiger partial charge in [-0.1, -0.05) is 0 Å². The van der Waals surface area contributed by atoms with Crippen LogP contribution in [0, 0.1) is 17.3 Å². The molecule has 5 rings (SSSR count). The second kappa shape index (κ2) is 9.75. The van der Waals surface area contributed by atoms with E-state index < -0.39 is 17.2 Å². The number of aromatic amines is 1. The predicted octanol–water partition coefficient (Wildman–Crippen LogP) is 3.52. The number of halogens is 3. The summed E-state index contributed by atoms with van der Waals surface area (Å²) in [7, 11) is 0. The Hall–Kier alpha value is -2.10. The maximum absolute atomic E-state index is 13.3. The van der Waals surface area contributed by atoms with Crippen LogP contribution < -0.4 is 5.32 Å². The van der Waals surface area contributed by atoms with Crippen LogP contribution in [-0.2, 0) is 28.5 Å². The molecule has 35 heavy (non-hydrogen) atoms. The number of hydrogen-bond donors (Lipinski definition) is 3. The molecule has 2 fully saturated rings. The average Bonchev–Trinajstić information content (AvgIpc) is 3.21. The van der Waals surface area contributed by atoms with Gasteiger partial charge in [-0.05, 0) is 87.2 Å². The first-order chi connectivity index (χ1) is 16.8. The van der Waals surface area contributed by atoms with E-state index in [2.05, 4.69) is 15.2 Å². The van der Waals surface area contributed by atoms with Crippen molar-refractivity contribution in [2.45, 2.75) is 44.7 Å². The molecule has 0 saturated carbocycles. The van der Waals surface area contributed by atoms with Crippen LogP contribution in [0.4, 0.5) is 13.2 Å². The molecular weight excluding hydrogens is 459 g/mol. The van der Waals surface area contributed by atoms with Crippen LogP contribution in [0.15, 0.2) is 18.2 Å². The van der Waals surface area contributed by atoms with Crippen molar-refractivity contribution in [1.29, 1.82) is 0 Å². The highest BCUT2D eigenvalue weighted by molar-refractivity contribution is 5.86. The van der Waals surface area contributed by atoms with E-state index in [-0.39, 0.29) is 19.1 Å². The third kappa shape index (κ3) is 4.95. The van der Waals surface area contributed by atoms with Crippen molar-refractivity contribution in [1.82, 2.24) is 15.2 Å². The number of likely N-dealkylation sites (tertiary alicyclic amines) is 1. The van der Waals surface area contributed by atoms with Gasteiger partial charge in [-0.25, -0.2) is 0 Å². The lowest BCUT2D eigenvalue weighted by atomic mass is 9.73. The number of nitrogens with zero attached hydrogens (tertiary/aromatic N) is 1. The number of ether oxygens (including phenoxy) is 1. The Balaban J connectivity index is 1.28. The summed E-state index contributed by atoms with van der Waals surface area (Å²) >= 11 is 0. The van der Waals surface area contributed by atoms with E-state index in [1.165, 1.54) is 6.07 Å². The fourth-order valence-electron chi connectivity index (χ4n) is 6.35. The smallest absolute Gasteiger partial charge is 0.395 e. The summed E-state index contributed by atoms with van der Waals surface area (Å²) in [6.07, 6.45) is 0.496. The summed E-state index contributed by atoms with van der Waals surface area (Å²) in [6, 6.07) is 4.01.